The number of fused-ring (bicyclic) bond motifs is 1. The summed E-state index contributed by atoms with van der Waals surface area (Å²) in [6.07, 6.45) is 12.3. The van der Waals surface area contributed by atoms with Crippen LogP contribution in [0.15, 0.2) is 102 Å². The van der Waals surface area contributed by atoms with Crippen molar-refractivity contribution in [3.63, 3.8) is 0 Å². The summed E-state index contributed by atoms with van der Waals surface area (Å²) in [6, 6.07) is 17.3. The maximum atomic E-state index is 14.5. The van der Waals surface area contributed by atoms with Gasteiger partial charge in [0.05, 0.1) is 18.6 Å². The van der Waals surface area contributed by atoms with E-state index in [1.807, 2.05) is 71.7 Å². The average Bonchev–Trinajstić information content (AvgIpc) is 3.27. The summed E-state index contributed by atoms with van der Waals surface area (Å²) in [6.45, 7) is 3.44. The molecule has 2 aliphatic heterocycles. The van der Waals surface area contributed by atoms with Gasteiger partial charge in [-0.3, -0.25) is 9.59 Å². The standard InChI is InChI=1S/C32H36N4O3/c1-39-22-21-36-30(28(23-33)24-11-5-2-3-6-12-24)29(26-15-9-10-16-27(26)31(36)37)32(38)35-19-17-34(18-20-35)25-13-7-4-8-14-25/h2-11,13-16,23,29-30H,12,17-22,33H2,1H3/b28-23+. The number of carbonyl (C=O) groups excluding carboxylic acids is 2. The zero-order valence-corrected chi connectivity index (χ0v) is 22.4. The van der Waals surface area contributed by atoms with E-state index in [9.17, 15) is 9.59 Å². The number of rotatable bonds is 7. The molecule has 3 aliphatic rings. The fourth-order valence-electron chi connectivity index (χ4n) is 5.85. The molecule has 2 heterocycles. The van der Waals surface area contributed by atoms with E-state index in [-0.39, 0.29) is 11.8 Å². The minimum absolute atomic E-state index is 0.0229. The van der Waals surface area contributed by atoms with Crippen LogP contribution in [0.3, 0.4) is 0 Å². The van der Waals surface area contributed by atoms with Crippen molar-refractivity contribution in [3.05, 3.63) is 113 Å². The first-order valence-electron chi connectivity index (χ1n) is 13.6. The van der Waals surface area contributed by atoms with Crippen LogP contribution in [-0.2, 0) is 9.53 Å². The van der Waals surface area contributed by atoms with Crippen LogP contribution in [0.2, 0.25) is 0 Å². The molecule has 2 atom stereocenters. The number of nitrogens with zero attached hydrogens (tertiary/aromatic N) is 3. The number of methoxy groups -OCH3 is 1. The lowest BCUT2D eigenvalue weighted by Gasteiger charge is -2.45. The molecule has 1 fully saturated rings. The Morgan fingerprint density at radius 3 is 2.49 bits per heavy atom. The van der Waals surface area contributed by atoms with Crippen LogP contribution in [0.1, 0.15) is 28.3 Å². The zero-order chi connectivity index (χ0) is 27.2. The van der Waals surface area contributed by atoms with Crippen molar-refractivity contribution >= 4 is 17.5 Å². The molecule has 2 N–H and O–H groups in total. The topological polar surface area (TPSA) is 79.1 Å². The second-order valence-corrected chi connectivity index (χ2v) is 9.98. The molecule has 7 nitrogen and oxygen atoms in total. The van der Waals surface area contributed by atoms with E-state index in [1.54, 1.807) is 18.2 Å². The third kappa shape index (κ3) is 5.40. The number of ether oxygens (including phenoxy) is 1. The first-order chi connectivity index (χ1) is 19.1. The van der Waals surface area contributed by atoms with Crippen molar-refractivity contribution in [1.29, 1.82) is 0 Å². The molecule has 0 saturated carbocycles. The number of nitrogens with two attached hydrogens (primary N) is 1. The van der Waals surface area contributed by atoms with E-state index in [2.05, 4.69) is 23.1 Å². The van der Waals surface area contributed by atoms with Crippen LogP contribution in [0.25, 0.3) is 0 Å². The Morgan fingerprint density at radius 1 is 1.00 bits per heavy atom. The Balaban J connectivity index is 1.52. The molecule has 7 heteroatoms. The fourth-order valence-corrected chi connectivity index (χ4v) is 5.85. The van der Waals surface area contributed by atoms with E-state index >= 15 is 0 Å². The van der Waals surface area contributed by atoms with Crippen molar-refractivity contribution in [3.8, 4) is 0 Å². The quantitative estimate of drug-likeness (QED) is 0.595. The third-order valence-corrected chi connectivity index (χ3v) is 7.82. The Bertz CT molecular complexity index is 1310. The molecule has 1 aliphatic carbocycles. The molecule has 2 amide bonds. The lowest BCUT2D eigenvalue weighted by atomic mass is 9.76. The molecule has 39 heavy (non-hydrogen) atoms. The minimum atomic E-state index is -0.578. The summed E-state index contributed by atoms with van der Waals surface area (Å²) >= 11 is 0. The summed E-state index contributed by atoms with van der Waals surface area (Å²) in [4.78, 5) is 34.4. The summed E-state index contributed by atoms with van der Waals surface area (Å²) in [5, 5.41) is 0. The monoisotopic (exact) mass is 524 g/mol. The summed E-state index contributed by atoms with van der Waals surface area (Å²) in [7, 11) is 1.62. The second kappa shape index (κ2) is 12.2. The fraction of sp³-hybridized carbons (Fsp3) is 0.312. The van der Waals surface area contributed by atoms with Gasteiger partial charge in [-0.15, -0.1) is 0 Å². The summed E-state index contributed by atoms with van der Waals surface area (Å²) in [5.41, 5.74) is 10.6. The van der Waals surface area contributed by atoms with E-state index in [0.717, 1.165) is 35.5 Å². The number of benzene rings is 2. The van der Waals surface area contributed by atoms with Crippen molar-refractivity contribution in [2.75, 3.05) is 51.3 Å². The second-order valence-electron chi connectivity index (χ2n) is 9.98. The number of allylic oxidation sites excluding steroid dienone is 5. The van der Waals surface area contributed by atoms with Gasteiger partial charge in [0.1, 0.15) is 0 Å². The molecule has 5 rings (SSSR count). The number of amides is 2. The van der Waals surface area contributed by atoms with Crippen LogP contribution in [0, 0.1) is 0 Å². The smallest absolute Gasteiger partial charge is 0.254 e. The van der Waals surface area contributed by atoms with E-state index in [4.69, 9.17) is 10.5 Å². The van der Waals surface area contributed by atoms with Gasteiger partial charge in [0.2, 0.25) is 5.91 Å². The van der Waals surface area contributed by atoms with Crippen LogP contribution in [-0.4, -0.2) is 74.1 Å². The molecule has 2 unspecified atom stereocenters. The lowest BCUT2D eigenvalue weighted by Crippen LogP contribution is -2.57. The lowest BCUT2D eigenvalue weighted by molar-refractivity contribution is -0.134. The first-order valence-corrected chi connectivity index (χ1v) is 13.6. The van der Waals surface area contributed by atoms with E-state index in [1.165, 1.54) is 0 Å². The van der Waals surface area contributed by atoms with Gasteiger partial charge in [0, 0.05) is 51.1 Å². The van der Waals surface area contributed by atoms with E-state index in [0.29, 0.717) is 38.2 Å². The molecular formula is C32H36N4O3. The number of piperazine rings is 1. The molecule has 2 aromatic carbocycles. The van der Waals surface area contributed by atoms with Crippen LogP contribution in [0.4, 0.5) is 5.69 Å². The Kier molecular flexibility index (Phi) is 8.27. The van der Waals surface area contributed by atoms with Gasteiger partial charge < -0.3 is 25.2 Å². The van der Waals surface area contributed by atoms with Gasteiger partial charge in [-0.05, 0) is 47.5 Å². The number of para-hydroxylation sites is 1. The highest BCUT2D eigenvalue weighted by molar-refractivity contribution is 6.02. The van der Waals surface area contributed by atoms with Gasteiger partial charge >= 0.3 is 0 Å². The highest BCUT2D eigenvalue weighted by Gasteiger charge is 2.46. The van der Waals surface area contributed by atoms with Crippen molar-refractivity contribution in [2.45, 2.75) is 18.4 Å². The molecule has 202 valence electrons. The number of hydrogen-bond acceptors (Lipinski definition) is 5. The molecule has 0 radical (unpaired) electrons. The number of carbonyl (C=O) groups is 2. The highest BCUT2D eigenvalue weighted by Crippen LogP contribution is 2.41. The summed E-state index contributed by atoms with van der Waals surface area (Å²) in [5.74, 6) is -0.661. The average molecular weight is 525 g/mol. The Morgan fingerprint density at radius 2 is 1.74 bits per heavy atom. The van der Waals surface area contributed by atoms with E-state index < -0.39 is 12.0 Å². The summed E-state index contributed by atoms with van der Waals surface area (Å²) < 4.78 is 5.39. The normalized spacial score (nSPS) is 21.5. The molecule has 0 bridgehead atoms. The Hall–Kier alpha value is -4.10. The minimum Gasteiger partial charge on any atom is -0.404 e. The molecular weight excluding hydrogens is 488 g/mol. The maximum absolute atomic E-state index is 14.5. The van der Waals surface area contributed by atoms with Gasteiger partial charge in [0.25, 0.3) is 5.91 Å². The predicted octanol–water partition coefficient (Wildman–Crippen LogP) is 3.87. The first kappa shape index (κ1) is 26.5. The van der Waals surface area contributed by atoms with Gasteiger partial charge in [0.15, 0.2) is 0 Å². The highest BCUT2D eigenvalue weighted by atomic mass is 16.5. The SMILES string of the molecule is COCCN1C(=O)c2ccccc2C(C(=O)N2CCN(c3ccccc3)CC2)C1/C(=C/N)C1=CC=CC=CC1. The molecule has 0 aromatic heterocycles. The largest absolute Gasteiger partial charge is 0.404 e. The zero-order valence-electron chi connectivity index (χ0n) is 22.4. The molecule has 2 aromatic rings. The maximum Gasteiger partial charge on any atom is 0.254 e. The third-order valence-electron chi connectivity index (χ3n) is 7.82. The van der Waals surface area contributed by atoms with Crippen LogP contribution >= 0.6 is 0 Å². The molecule has 0 spiro atoms. The van der Waals surface area contributed by atoms with Gasteiger partial charge in [-0.25, -0.2) is 0 Å². The number of anilines is 1. The van der Waals surface area contributed by atoms with Crippen molar-refractivity contribution in [1.82, 2.24) is 9.80 Å². The van der Waals surface area contributed by atoms with Gasteiger partial charge in [-0.2, -0.15) is 0 Å². The van der Waals surface area contributed by atoms with Crippen LogP contribution < -0.4 is 10.6 Å². The van der Waals surface area contributed by atoms with Gasteiger partial charge in [-0.1, -0.05) is 66.8 Å². The Labute approximate surface area is 230 Å². The van der Waals surface area contributed by atoms with Crippen molar-refractivity contribution < 1.29 is 14.3 Å². The molecule has 1 saturated heterocycles. The van der Waals surface area contributed by atoms with Crippen molar-refractivity contribution in [2.24, 2.45) is 5.73 Å². The van der Waals surface area contributed by atoms with Crippen LogP contribution in [0.5, 0.6) is 0 Å². The number of hydrogen-bond donors (Lipinski definition) is 1. The predicted molar refractivity (Wildman–Crippen MR) is 154 cm³/mol.